The fourth-order valence-corrected chi connectivity index (χ4v) is 3.80. The molecule has 3 rings (SSSR count). The molecule has 3 aliphatic carbocycles. The number of ether oxygens (including phenoxy) is 1. The highest BCUT2D eigenvalue weighted by atomic mass is 16.5. The zero-order chi connectivity index (χ0) is 11.0. The summed E-state index contributed by atoms with van der Waals surface area (Å²) in [5.41, 5.74) is 0.516. The van der Waals surface area contributed by atoms with E-state index in [2.05, 4.69) is 12.4 Å². The Bertz CT molecular complexity index is 243. The smallest absolute Gasteiger partial charge is 0.0661 e. The van der Waals surface area contributed by atoms with Crippen molar-refractivity contribution < 1.29 is 4.74 Å². The fraction of sp³-hybridized carbons (Fsp3) is 1.00. The van der Waals surface area contributed by atoms with Gasteiger partial charge in [-0.2, -0.15) is 0 Å². The molecule has 3 saturated carbocycles. The largest absolute Gasteiger partial charge is 0.377 e. The lowest BCUT2D eigenvalue weighted by Crippen LogP contribution is -2.63. The van der Waals surface area contributed by atoms with Gasteiger partial charge in [0.15, 0.2) is 0 Å². The lowest BCUT2D eigenvalue weighted by molar-refractivity contribution is -0.153. The summed E-state index contributed by atoms with van der Waals surface area (Å²) in [4.78, 5) is 0. The SMILES string of the molecule is CNC1CC(OCC2CC2)C12CCCCC2. The molecule has 0 radical (unpaired) electrons. The van der Waals surface area contributed by atoms with Gasteiger partial charge in [0.2, 0.25) is 0 Å². The van der Waals surface area contributed by atoms with Crippen molar-refractivity contribution in [2.45, 2.75) is 63.5 Å². The number of hydrogen-bond acceptors (Lipinski definition) is 2. The Morgan fingerprint density at radius 2 is 1.94 bits per heavy atom. The van der Waals surface area contributed by atoms with Gasteiger partial charge in [0.25, 0.3) is 0 Å². The van der Waals surface area contributed by atoms with Crippen LogP contribution in [0.2, 0.25) is 0 Å². The van der Waals surface area contributed by atoms with Crippen molar-refractivity contribution in [3.63, 3.8) is 0 Å². The Kier molecular flexibility index (Phi) is 2.97. The van der Waals surface area contributed by atoms with E-state index in [0.29, 0.717) is 11.5 Å². The van der Waals surface area contributed by atoms with E-state index >= 15 is 0 Å². The third-order valence-corrected chi connectivity index (χ3v) is 5.15. The van der Waals surface area contributed by atoms with Crippen molar-refractivity contribution in [2.75, 3.05) is 13.7 Å². The summed E-state index contributed by atoms with van der Waals surface area (Å²) in [6, 6.07) is 0.733. The average Bonchev–Trinajstić information content (AvgIpc) is 3.13. The van der Waals surface area contributed by atoms with Crippen molar-refractivity contribution >= 4 is 0 Å². The summed E-state index contributed by atoms with van der Waals surface area (Å²) < 4.78 is 6.19. The lowest BCUT2D eigenvalue weighted by Gasteiger charge is -2.57. The quantitative estimate of drug-likeness (QED) is 0.791. The predicted molar refractivity (Wildman–Crippen MR) is 65.4 cm³/mol. The van der Waals surface area contributed by atoms with Crippen LogP contribution in [-0.2, 0) is 4.74 Å². The monoisotopic (exact) mass is 223 g/mol. The molecule has 1 spiro atoms. The van der Waals surface area contributed by atoms with Crippen LogP contribution >= 0.6 is 0 Å². The number of nitrogens with one attached hydrogen (secondary N) is 1. The Morgan fingerprint density at radius 3 is 2.56 bits per heavy atom. The second-order valence-electron chi connectivity index (χ2n) is 6.14. The standard InChI is InChI=1S/C14H25NO/c1-15-12-9-13(16-10-11-5-6-11)14(12)7-3-2-4-8-14/h11-13,15H,2-10H2,1H3. The van der Waals surface area contributed by atoms with E-state index in [1.165, 1.54) is 51.4 Å². The summed E-state index contributed by atoms with van der Waals surface area (Å²) in [7, 11) is 2.12. The van der Waals surface area contributed by atoms with Crippen LogP contribution in [0.1, 0.15) is 51.4 Å². The van der Waals surface area contributed by atoms with Crippen molar-refractivity contribution in [2.24, 2.45) is 11.3 Å². The molecular formula is C14H25NO. The molecule has 16 heavy (non-hydrogen) atoms. The Labute approximate surface area is 99.1 Å². The highest BCUT2D eigenvalue weighted by Gasteiger charge is 2.55. The van der Waals surface area contributed by atoms with Gasteiger partial charge in [-0.1, -0.05) is 19.3 Å². The molecule has 0 aromatic carbocycles. The van der Waals surface area contributed by atoms with Gasteiger partial charge in [-0.3, -0.25) is 0 Å². The Balaban J connectivity index is 1.59. The molecular weight excluding hydrogens is 198 g/mol. The predicted octanol–water partition coefficient (Wildman–Crippen LogP) is 2.72. The van der Waals surface area contributed by atoms with E-state index in [-0.39, 0.29) is 0 Å². The minimum absolute atomic E-state index is 0.516. The van der Waals surface area contributed by atoms with E-state index < -0.39 is 0 Å². The van der Waals surface area contributed by atoms with Crippen molar-refractivity contribution in [3.05, 3.63) is 0 Å². The summed E-state index contributed by atoms with van der Waals surface area (Å²) in [6.45, 7) is 1.04. The average molecular weight is 223 g/mol. The molecule has 0 aliphatic heterocycles. The summed E-state index contributed by atoms with van der Waals surface area (Å²) in [5.74, 6) is 0.911. The molecule has 0 heterocycles. The molecule has 1 N–H and O–H groups in total. The molecule has 0 aromatic heterocycles. The maximum absolute atomic E-state index is 6.19. The van der Waals surface area contributed by atoms with Crippen LogP contribution in [0.25, 0.3) is 0 Å². The molecule has 2 unspecified atom stereocenters. The molecule has 0 saturated heterocycles. The summed E-state index contributed by atoms with van der Waals surface area (Å²) in [5, 5.41) is 3.52. The van der Waals surface area contributed by atoms with E-state index in [9.17, 15) is 0 Å². The maximum atomic E-state index is 6.19. The van der Waals surface area contributed by atoms with Crippen LogP contribution in [-0.4, -0.2) is 25.8 Å². The van der Waals surface area contributed by atoms with Gasteiger partial charge in [-0.25, -0.2) is 0 Å². The molecule has 3 fully saturated rings. The first kappa shape index (κ1) is 11.0. The Hall–Kier alpha value is -0.0800. The molecule has 2 heteroatoms. The molecule has 0 bridgehead atoms. The lowest BCUT2D eigenvalue weighted by atomic mass is 9.55. The van der Waals surface area contributed by atoms with Gasteiger partial charge in [0, 0.05) is 18.1 Å². The first-order chi connectivity index (χ1) is 7.85. The third-order valence-electron chi connectivity index (χ3n) is 5.15. The van der Waals surface area contributed by atoms with E-state index in [1.807, 2.05) is 0 Å². The second-order valence-corrected chi connectivity index (χ2v) is 6.14. The summed E-state index contributed by atoms with van der Waals surface area (Å²) in [6.07, 6.45) is 11.7. The van der Waals surface area contributed by atoms with E-state index in [4.69, 9.17) is 4.74 Å². The van der Waals surface area contributed by atoms with Gasteiger partial charge < -0.3 is 10.1 Å². The summed E-state index contributed by atoms with van der Waals surface area (Å²) >= 11 is 0. The third kappa shape index (κ3) is 1.80. The van der Waals surface area contributed by atoms with Crippen molar-refractivity contribution in [1.82, 2.24) is 5.32 Å². The van der Waals surface area contributed by atoms with Crippen LogP contribution < -0.4 is 5.32 Å². The molecule has 0 aromatic rings. The van der Waals surface area contributed by atoms with E-state index in [1.54, 1.807) is 0 Å². The number of hydrogen-bond donors (Lipinski definition) is 1. The molecule has 0 amide bonds. The van der Waals surface area contributed by atoms with E-state index in [0.717, 1.165) is 18.6 Å². The van der Waals surface area contributed by atoms with Crippen LogP contribution in [0.3, 0.4) is 0 Å². The molecule has 92 valence electrons. The first-order valence-corrected chi connectivity index (χ1v) is 7.14. The molecule has 3 aliphatic rings. The van der Waals surface area contributed by atoms with Crippen LogP contribution in [0.15, 0.2) is 0 Å². The Morgan fingerprint density at radius 1 is 1.19 bits per heavy atom. The first-order valence-electron chi connectivity index (χ1n) is 7.14. The highest BCUT2D eigenvalue weighted by molar-refractivity contribution is 5.08. The van der Waals surface area contributed by atoms with Gasteiger partial charge in [0.1, 0.15) is 0 Å². The normalized spacial score (nSPS) is 37.3. The minimum atomic E-state index is 0.516. The zero-order valence-corrected chi connectivity index (χ0v) is 10.5. The highest BCUT2D eigenvalue weighted by Crippen LogP contribution is 2.53. The van der Waals surface area contributed by atoms with Gasteiger partial charge >= 0.3 is 0 Å². The van der Waals surface area contributed by atoms with Crippen molar-refractivity contribution in [3.8, 4) is 0 Å². The molecule has 2 nitrogen and oxygen atoms in total. The maximum Gasteiger partial charge on any atom is 0.0661 e. The zero-order valence-electron chi connectivity index (χ0n) is 10.5. The van der Waals surface area contributed by atoms with Crippen LogP contribution in [0.5, 0.6) is 0 Å². The van der Waals surface area contributed by atoms with Crippen LogP contribution in [0, 0.1) is 11.3 Å². The minimum Gasteiger partial charge on any atom is -0.377 e. The van der Waals surface area contributed by atoms with Gasteiger partial charge in [0.05, 0.1) is 6.10 Å². The molecule has 2 atom stereocenters. The van der Waals surface area contributed by atoms with Crippen molar-refractivity contribution in [1.29, 1.82) is 0 Å². The second kappa shape index (κ2) is 4.30. The van der Waals surface area contributed by atoms with Gasteiger partial charge in [-0.15, -0.1) is 0 Å². The van der Waals surface area contributed by atoms with Gasteiger partial charge in [-0.05, 0) is 45.1 Å². The fourth-order valence-electron chi connectivity index (χ4n) is 3.80. The number of rotatable bonds is 4. The topological polar surface area (TPSA) is 21.3 Å². The van der Waals surface area contributed by atoms with Crippen LogP contribution in [0.4, 0.5) is 0 Å².